The van der Waals surface area contributed by atoms with Crippen LogP contribution in [0, 0.1) is 0 Å². The fourth-order valence-corrected chi connectivity index (χ4v) is 2.87. The summed E-state index contributed by atoms with van der Waals surface area (Å²) >= 11 is 0. The number of nitrogens with one attached hydrogen (secondary N) is 2. The van der Waals surface area contributed by atoms with E-state index in [1.54, 1.807) is 18.2 Å². The first kappa shape index (κ1) is 20.7. The number of sulfonamides is 1. The van der Waals surface area contributed by atoms with Crippen molar-refractivity contribution in [1.82, 2.24) is 10.6 Å². The van der Waals surface area contributed by atoms with E-state index in [1.165, 1.54) is 25.2 Å². The largest absolute Gasteiger partial charge is 0.416 e. The number of nitrogens with zero attached hydrogens (tertiary/aromatic N) is 1. The lowest BCUT2D eigenvalue weighted by molar-refractivity contribution is -0.137. The molecule has 6 nitrogen and oxygen atoms in total. The highest BCUT2D eigenvalue weighted by molar-refractivity contribution is 7.89. The predicted molar refractivity (Wildman–Crippen MR) is 96.3 cm³/mol. The van der Waals surface area contributed by atoms with Crippen molar-refractivity contribution in [3.8, 4) is 0 Å². The van der Waals surface area contributed by atoms with Gasteiger partial charge in [-0.05, 0) is 35.4 Å². The lowest BCUT2D eigenvalue weighted by Crippen LogP contribution is -2.36. The Bertz CT molecular complexity index is 928. The molecular weight excluding hydrogens is 381 g/mol. The molecule has 0 fully saturated rings. The molecule has 2 aromatic rings. The average Bonchev–Trinajstić information content (AvgIpc) is 2.61. The molecule has 0 unspecified atom stereocenters. The number of hydrogen-bond acceptors (Lipinski definition) is 3. The molecule has 2 rings (SSSR count). The highest BCUT2D eigenvalue weighted by Crippen LogP contribution is 2.29. The molecule has 0 aromatic heterocycles. The van der Waals surface area contributed by atoms with Crippen LogP contribution in [0.1, 0.15) is 16.7 Å². The monoisotopic (exact) mass is 400 g/mol. The van der Waals surface area contributed by atoms with Crippen LogP contribution in [0.2, 0.25) is 0 Å². The highest BCUT2D eigenvalue weighted by atomic mass is 32.2. The third kappa shape index (κ3) is 6.26. The van der Waals surface area contributed by atoms with Crippen molar-refractivity contribution in [2.75, 3.05) is 7.05 Å². The molecule has 0 aliphatic rings. The minimum absolute atomic E-state index is 0.00582. The number of rotatable bonds is 5. The van der Waals surface area contributed by atoms with Crippen LogP contribution >= 0.6 is 0 Å². The van der Waals surface area contributed by atoms with Gasteiger partial charge in [0.1, 0.15) is 0 Å². The predicted octanol–water partition coefficient (Wildman–Crippen LogP) is 2.22. The average molecular weight is 400 g/mol. The summed E-state index contributed by atoms with van der Waals surface area (Å²) in [6.07, 6.45) is -4.40. The van der Waals surface area contributed by atoms with Crippen LogP contribution < -0.4 is 15.8 Å². The van der Waals surface area contributed by atoms with Crippen molar-refractivity contribution in [1.29, 1.82) is 0 Å². The van der Waals surface area contributed by atoms with Gasteiger partial charge in [-0.25, -0.2) is 13.6 Å². The Balaban J connectivity index is 1.98. The van der Waals surface area contributed by atoms with Crippen molar-refractivity contribution in [3.63, 3.8) is 0 Å². The number of alkyl halides is 3. The molecule has 146 valence electrons. The maximum atomic E-state index is 12.7. The number of nitrogens with two attached hydrogens (primary N) is 1. The lowest BCUT2D eigenvalue weighted by atomic mass is 10.1. The molecule has 0 atom stereocenters. The first-order valence-corrected chi connectivity index (χ1v) is 9.36. The highest BCUT2D eigenvalue weighted by Gasteiger charge is 2.30. The van der Waals surface area contributed by atoms with Crippen LogP contribution in [0.3, 0.4) is 0 Å². The molecule has 0 saturated carbocycles. The minimum atomic E-state index is -4.40. The third-order valence-corrected chi connectivity index (χ3v) is 4.54. The molecule has 2 aromatic carbocycles. The molecule has 0 radical (unpaired) electrons. The van der Waals surface area contributed by atoms with Crippen molar-refractivity contribution in [2.45, 2.75) is 24.2 Å². The van der Waals surface area contributed by atoms with E-state index in [4.69, 9.17) is 5.14 Å². The first-order chi connectivity index (χ1) is 12.6. The molecule has 0 heterocycles. The Morgan fingerprint density at radius 1 is 1.04 bits per heavy atom. The van der Waals surface area contributed by atoms with Crippen LogP contribution in [-0.2, 0) is 29.3 Å². The molecule has 0 spiro atoms. The fourth-order valence-electron chi connectivity index (χ4n) is 2.28. The Labute approximate surface area is 155 Å². The molecule has 0 saturated heterocycles. The summed E-state index contributed by atoms with van der Waals surface area (Å²) in [7, 11) is -2.28. The van der Waals surface area contributed by atoms with E-state index < -0.39 is 21.8 Å². The van der Waals surface area contributed by atoms with E-state index in [-0.39, 0.29) is 18.0 Å². The van der Waals surface area contributed by atoms with Gasteiger partial charge in [0, 0.05) is 20.1 Å². The first-order valence-electron chi connectivity index (χ1n) is 7.82. The lowest BCUT2D eigenvalue weighted by Gasteiger charge is -2.13. The molecular formula is C17H19F3N4O2S. The number of hydrogen-bond donors (Lipinski definition) is 3. The summed E-state index contributed by atoms with van der Waals surface area (Å²) in [6, 6.07) is 11.1. The van der Waals surface area contributed by atoms with Crippen molar-refractivity contribution in [3.05, 3.63) is 65.2 Å². The molecule has 0 aliphatic heterocycles. The normalized spacial score (nSPS) is 12.7. The van der Waals surface area contributed by atoms with E-state index in [0.717, 1.165) is 12.1 Å². The number of aliphatic imine (C=N–C) groups is 1. The van der Waals surface area contributed by atoms with Crippen LogP contribution in [0.5, 0.6) is 0 Å². The summed E-state index contributed by atoms with van der Waals surface area (Å²) in [4.78, 5) is 3.98. The van der Waals surface area contributed by atoms with E-state index in [9.17, 15) is 21.6 Å². The molecule has 4 N–H and O–H groups in total. The molecule has 0 aliphatic carbocycles. The quantitative estimate of drug-likeness (QED) is 0.530. The smallest absolute Gasteiger partial charge is 0.352 e. The van der Waals surface area contributed by atoms with E-state index >= 15 is 0 Å². The van der Waals surface area contributed by atoms with E-state index in [1.807, 2.05) is 0 Å². The Morgan fingerprint density at radius 3 is 2.11 bits per heavy atom. The Morgan fingerprint density at radius 2 is 1.59 bits per heavy atom. The molecule has 27 heavy (non-hydrogen) atoms. The van der Waals surface area contributed by atoms with Crippen LogP contribution in [0.15, 0.2) is 58.4 Å². The Kier molecular flexibility index (Phi) is 6.45. The number of benzene rings is 2. The van der Waals surface area contributed by atoms with Crippen LogP contribution in [0.25, 0.3) is 0 Å². The second-order valence-corrected chi connectivity index (χ2v) is 7.23. The summed E-state index contributed by atoms with van der Waals surface area (Å²) in [6.45, 7) is 0.395. The topological polar surface area (TPSA) is 96.6 Å². The van der Waals surface area contributed by atoms with Gasteiger partial charge in [-0.2, -0.15) is 13.2 Å². The second-order valence-electron chi connectivity index (χ2n) is 5.67. The summed E-state index contributed by atoms with van der Waals surface area (Å²) < 4.78 is 61.0. The van der Waals surface area contributed by atoms with Gasteiger partial charge in [0.05, 0.1) is 10.5 Å². The van der Waals surface area contributed by atoms with E-state index in [2.05, 4.69) is 15.6 Å². The van der Waals surface area contributed by atoms with Crippen LogP contribution in [0.4, 0.5) is 13.2 Å². The minimum Gasteiger partial charge on any atom is -0.352 e. The van der Waals surface area contributed by atoms with Gasteiger partial charge < -0.3 is 10.6 Å². The summed E-state index contributed by atoms with van der Waals surface area (Å²) in [5, 5.41) is 11.0. The number of primary sulfonamides is 1. The zero-order valence-electron chi connectivity index (χ0n) is 14.4. The van der Waals surface area contributed by atoms with Crippen LogP contribution in [-0.4, -0.2) is 21.4 Å². The zero-order chi connectivity index (χ0) is 20.1. The maximum absolute atomic E-state index is 12.7. The van der Waals surface area contributed by atoms with Crippen molar-refractivity contribution in [2.24, 2.45) is 10.1 Å². The molecule has 0 bridgehead atoms. The van der Waals surface area contributed by atoms with Gasteiger partial charge in [-0.15, -0.1) is 0 Å². The Hall–Kier alpha value is -2.59. The fraction of sp³-hybridized carbons (Fsp3) is 0.235. The van der Waals surface area contributed by atoms with Gasteiger partial charge in [0.15, 0.2) is 5.96 Å². The zero-order valence-corrected chi connectivity index (χ0v) is 15.2. The van der Waals surface area contributed by atoms with Gasteiger partial charge >= 0.3 is 6.18 Å². The van der Waals surface area contributed by atoms with E-state index in [0.29, 0.717) is 17.1 Å². The van der Waals surface area contributed by atoms with Gasteiger partial charge in [0.25, 0.3) is 0 Å². The standard InChI is InChI=1S/C17H19F3N4O2S/c1-22-16(23-10-12-4-2-6-14(8-12)17(18,19)20)24-11-13-5-3-7-15(9-13)27(21,25)26/h2-9H,10-11H2,1H3,(H2,21,25,26)(H2,22,23,24). The second kappa shape index (κ2) is 8.40. The maximum Gasteiger partial charge on any atom is 0.416 e. The number of guanidine groups is 1. The van der Waals surface area contributed by atoms with Crippen molar-refractivity contribution < 1.29 is 21.6 Å². The third-order valence-electron chi connectivity index (χ3n) is 3.62. The van der Waals surface area contributed by atoms with Gasteiger partial charge in [-0.3, -0.25) is 4.99 Å². The van der Waals surface area contributed by atoms with Gasteiger partial charge in [0.2, 0.25) is 10.0 Å². The molecule has 10 heteroatoms. The SMILES string of the molecule is CN=C(NCc1cccc(C(F)(F)F)c1)NCc1cccc(S(N)(=O)=O)c1. The van der Waals surface area contributed by atoms with Crippen molar-refractivity contribution >= 4 is 16.0 Å². The molecule has 0 amide bonds. The summed E-state index contributed by atoms with van der Waals surface area (Å²) in [5.41, 5.74) is 0.386. The summed E-state index contributed by atoms with van der Waals surface area (Å²) in [5.74, 6) is 0.355. The van der Waals surface area contributed by atoms with Gasteiger partial charge in [-0.1, -0.05) is 24.3 Å². The number of halogens is 3.